The van der Waals surface area contributed by atoms with Crippen LogP contribution in [0.1, 0.15) is 36.1 Å². The number of halogens is 1. The Morgan fingerprint density at radius 3 is 2.92 bits per heavy atom. The van der Waals surface area contributed by atoms with E-state index in [9.17, 15) is 4.79 Å². The SMILES string of the molecule is CCNC(=NCc1ccc(C(N)=O)o1)NCCCOCC1CCOC1.I. The second-order valence-corrected chi connectivity index (χ2v) is 5.91. The number of nitrogens with two attached hydrogens (primary N) is 1. The molecule has 1 atom stereocenters. The Bertz CT molecular complexity index is 559. The number of primary amides is 1. The first kappa shape index (κ1) is 22.7. The predicted octanol–water partition coefficient (Wildman–Crippen LogP) is 1.49. The number of guanidine groups is 1. The van der Waals surface area contributed by atoms with Crippen LogP contribution in [-0.2, 0) is 16.0 Å². The molecule has 1 aromatic rings. The zero-order valence-electron chi connectivity index (χ0n) is 15.2. The van der Waals surface area contributed by atoms with Gasteiger partial charge in [0.05, 0.1) is 13.2 Å². The van der Waals surface area contributed by atoms with Crippen LogP contribution in [0.2, 0.25) is 0 Å². The Morgan fingerprint density at radius 2 is 2.27 bits per heavy atom. The van der Waals surface area contributed by atoms with Gasteiger partial charge in [0.1, 0.15) is 12.3 Å². The maximum absolute atomic E-state index is 11.0. The van der Waals surface area contributed by atoms with Crippen molar-refractivity contribution in [2.45, 2.75) is 26.3 Å². The van der Waals surface area contributed by atoms with Gasteiger partial charge in [-0.2, -0.15) is 0 Å². The van der Waals surface area contributed by atoms with E-state index in [2.05, 4.69) is 15.6 Å². The lowest BCUT2D eigenvalue weighted by atomic mass is 10.1. The second-order valence-electron chi connectivity index (χ2n) is 5.91. The fourth-order valence-electron chi connectivity index (χ4n) is 2.44. The van der Waals surface area contributed by atoms with E-state index in [4.69, 9.17) is 19.6 Å². The number of furan rings is 1. The van der Waals surface area contributed by atoms with Crippen molar-refractivity contribution in [3.63, 3.8) is 0 Å². The number of nitrogens with one attached hydrogen (secondary N) is 2. The molecule has 1 aromatic heterocycles. The van der Waals surface area contributed by atoms with E-state index in [0.29, 0.717) is 30.8 Å². The lowest BCUT2D eigenvalue weighted by molar-refractivity contribution is 0.0888. The van der Waals surface area contributed by atoms with E-state index >= 15 is 0 Å². The molecule has 0 radical (unpaired) electrons. The molecule has 1 unspecified atom stereocenters. The molecule has 2 rings (SSSR count). The molecule has 8 nitrogen and oxygen atoms in total. The van der Waals surface area contributed by atoms with Crippen molar-refractivity contribution in [1.82, 2.24) is 10.6 Å². The third kappa shape index (κ3) is 8.37. The van der Waals surface area contributed by atoms with Crippen molar-refractivity contribution < 1.29 is 18.7 Å². The summed E-state index contributed by atoms with van der Waals surface area (Å²) < 4.78 is 16.3. The Morgan fingerprint density at radius 1 is 1.42 bits per heavy atom. The number of carbonyl (C=O) groups excluding carboxylic acids is 1. The molecule has 1 aliphatic rings. The number of aliphatic imine (C=N–C) groups is 1. The third-order valence-electron chi connectivity index (χ3n) is 3.78. The van der Waals surface area contributed by atoms with Gasteiger partial charge in [0, 0.05) is 32.2 Å². The van der Waals surface area contributed by atoms with Gasteiger partial charge in [-0.25, -0.2) is 4.99 Å². The number of hydrogen-bond donors (Lipinski definition) is 3. The number of rotatable bonds is 10. The van der Waals surface area contributed by atoms with Crippen LogP contribution >= 0.6 is 24.0 Å². The standard InChI is InChI=1S/C17H28N4O4.HI/c1-2-19-17(21-10-14-4-5-15(25-14)16(18)22)20-7-3-8-23-11-13-6-9-24-12-13;/h4-5,13H,2-3,6-12H2,1H3,(H2,18,22)(H2,19,20,21);1H. The highest BCUT2D eigenvalue weighted by molar-refractivity contribution is 14.0. The van der Waals surface area contributed by atoms with Gasteiger partial charge in [-0.05, 0) is 31.9 Å². The molecule has 26 heavy (non-hydrogen) atoms. The van der Waals surface area contributed by atoms with Gasteiger partial charge < -0.3 is 30.3 Å². The molecule has 4 N–H and O–H groups in total. The van der Waals surface area contributed by atoms with Gasteiger partial charge in [-0.3, -0.25) is 4.79 Å². The van der Waals surface area contributed by atoms with Gasteiger partial charge in [0.15, 0.2) is 11.7 Å². The number of hydrogen-bond acceptors (Lipinski definition) is 5. The molecule has 2 heterocycles. The summed E-state index contributed by atoms with van der Waals surface area (Å²) in [5.41, 5.74) is 5.16. The highest BCUT2D eigenvalue weighted by Crippen LogP contribution is 2.12. The topological polar surface area (TPSA) is 111 Å². The number of carbonyl (C=O) groups is 1. The molecule has 1 aliphatic heterocycles. The molecular formula is C17H29IN4O4. The van der Waals surface area contributed by atoms with Crippen LogP contribution in [0.25, 0.3) is 0 Å². The summed E-state index contributed by atoms with van der Waals surface area (Å²) in [6.07, 6.45) is 1.99. The quantitative estimate of drug-likeness (QED) is 0.203. The minimum atomic E-state index is -0.579. The van der Waals surface area contributed by atoms with Gasteiger partial charge in [0.25, 0.3) is 5.91 Å². The molecule has 1 saturated heterocycles. The van der Waals surface area contributed by atoms with E-state index in [0.717, 1.165) is 45.8 Å². The minimum absolute atomic E-state index is 0. The van der Waals surface area contributed by atoms with Crippen LogP contribution in [-0.4, -0.2) is 51.4 Å². The maximum atomic E-state index is 11.0. The van der Waals surface area contributed by atoms with E-state index < -0.39 is 5.91 Å². The van der Waals surface area contributed by atoms with Crippen molar-refractivity contribution in [3.05, 3.63) is 23.7 Å². The van der Waals surface area contributed by atoms with E-state index in [-0.39, 0.29) is 29.7 Å². The lowest BCUT2D eigenvalue weighted by Gasteiger charge is -2.12. The van der Waals surface area contributed by atoms with Crippen LogP contribution in [0.5, 0.6) is 0 Å². The van der Waals surface area contributed by atoms with Crippen molar-refractivity contribution in [2.24, 2.45) is 16.6 Å². The highest BCUT2D eigenvalue weighted by Gasteiger charge is 2.15. The highest BCUT2D eigenvalue weighted by atomic mass is 127. The maximum Gasteiger partial charge on any atom is 0.284 e. The fourth-order valence-corrected chi connectivity index (χ4v) is 2.44. The molecule has 9 heteroatoms. The summed E-state index contributed by atoms with van der Waals surface area (Å²) in [6, 6.07) is 3.26. The molecular weight excluding hydrogens is 451 g/mol. The van der Waals surface area contributed by atoms with E-state index in [1.165, 1.54) is 0 Å². The largest absolute Gasteiger partial charge is 0.454 e. The zero-order chi connectivity index (χ0) is 17.9. The summed E-state index contributed by atoms with van der Waals surface area (Å²) in [4.78, 5) is 15.4. The monoisotopic (exact) mass is 480 g/mol. The lowest BCUT2D eigenvalue weighted by Crippen LogP contribution is -2.38. The minimum Gasteiger partial charge on any atom is -0.454 e. The Labute approximate surface area is 171 Å². The molecule has 0 saturated carbocycles. The van der Waals surface area contributed by atoms with Crippen molar-refractivity contribution in [3.8, 4) is 0 Å². The molecule has 148 valence electrons. The van der Waals surface area contributed by atoms with Crippen molar-refractivity contribution in [1.29, 1.82) is 0 Å². The number of nitrogens with zero attached hydrogens (tertiary/aromatic N) is 1. The molecule has 0 aliphatic carbocycles. The van der Waals surface area contributed by atoms with Crippen molar-refractivity contribution in [2.75, 3.05) is 39.5 Å². The summed E-state index contributed by atoms with van der Waals surface area (Å²) in [5.74, 6) is 1.40. The van der Waals surface area contributed by atoms with E-state index in [1.54, 1.807) is 12.1 Å². The summed E-state index contributed by atoms with van der Waals surface area (Å²) in [6.45, 7) is 7.02. The van der Waals surface area contributed by atoms with Gasteiger partial charge in [-0.1, -0.05) is 0 Å². The zero-order valence-corrected chi connectivity index (χ0v) is 17.5. The average molecular weight is 480 g/mol. The van der Waals surface area contributed by atoms with Crippen LogP contribution < -0.4 is 16.4 Å². The van der Waals surface area contributed by atoms with Crippen LogP contribution in [0.4, 0.5) is 0 Å². The van der Waals surface area contributed by atoms with Gasteiger partial charge >= 0.3 is 0 Å². The van der Waals surface area contributed by atoms with Crippen LogP contribution in [0.3, 0.4) is 0 Å². The third-order valence-corrected chi connectivity index (χ3v) is 3.78. The first-order chi connectivity index (χ1) is 12.2. The molecule has 0 spiro atoms. The van der Waals surface area contributed by atoms with Crippen LogP contribution in [0, 0.1) is 5.92 Å². The average Bonchev–Trinajstić information content (AvgIpc) is 3.27. The van der Waals surface area contributed by atoms with Crippen LogP contribution in [0.15, 0.2) is 21.5 Å². The van der Waals surface area contributed by atoms with Gasteiger partial charge in [-0.15, -0.1) is 24.0 Å². The first-order valence-electron chi connectivity index (χ1n) is 8.75. The second kappa shape index (κ2) is 12.9. The first-order valence-corrected chi connectivity index (χ1v) is 8.75. The Balaban J connectivity index is 0.00000338. The molecule has 1 fully saturated rings. The normalized spacial score (nSPS) is 17.0. The number of amides is 1. The fraction of sp³-hybridized carbons (Fsp3) is 0.647. The smallest absolute Gasteiger partial charge is 0.284 e. The molecule has 1 amide bonds. The number of ether oxygens (including phenoxy) is 2. The van der Waals surface area contributed by atoms with Crippen molar-refractivity contribution >= 4 is 35.8 Å². The molecule has 0 aromatic carbocycles. The Hall–Kier alpha value is -1.33. The van der Waals surface area contributed by atoms with E-state index in [1.807, 2.05) is 6.92 Å². The Kier molecular flexibility index (Phi) is 11.3. The summed E-state index contributed by atoms with van der Waals surface area (Å²) >= 11 is 0. The predicted molar refractivity (Wildman–Crippen MR) is 110 cm³/mol. The van der Waals surface area contributed by atoms with Gasteiger partial charge in [0.2, 0.25) is 0 Å². The molecule has 0 bridgehead atoms. The summed E-state index contributed by atoms with van der Waals surface area (Å²) in [7, 11) is 0. The summed E-state index contributed by atoms with van der Waals surface area (Å²) in [5, 5.41) is 6.42.